The van der Waals surface area contributed by atoms with Gasteiger partial charge in [0.15, 0.2) is 5.96 Å². The number of nitrogens with zero attached hydrogens (tertiary/aromatic N) is 1. The van der Waals surface area contributed by atoms with Gasteiger partial charge in [-0.3, -0.25) is 4.99 Å². The molecular formula is C15H24IN3O2S. The minimum atomic E-state index is 0.297. The van der Waals surface area contributed by atoms with Crippen LogP contribution in [0.2, 0.25) is 0 Å². The fraction of sp³-hybridized carbons (Fsp3) is 0.667. The second kappa shape index (κ2) is 10.4. The van der Waals surface area contributed by atoms with Crippen molar-refractivity contribution in [3.63, 3.8) is 0 Å². The van der Waals surface area contributed by atoms with Gasteiger partial charge >= 0.3 is 0 Å². The lowest BCUT2D eigenvalue weighted by molar-refractivity contribution is 0.0420. The minimum absolute atomic E-state index is 0.297. The van der Waals surface area contributed by atoms with Gasteiger partial charge in [-0.2, -0.15) is 0 Å². The summed E-state index contributed by atoms with van der Waals surface area (Å²) in [5.74, 6) is 0.857. The topological polar surface area (TPSA) is 54.9 Å². The molecule has 1 aromatic heterocycles. The van der Waals surface area contributed by atoms with E-state index in [1.807, 2.05) is 11.3 Å². The number of ether oxygens (including phenoxy) is 2. The monoisotopic (exact) mass is 437 g/mol. The van der Waals surface area contributed by atoms with E-state index >= 15 is 0 Å². The summed E-state index contributed by atoms with van der Waals surface area (Å²) in [5, 5.41) is 6.66. The lowest BCUT2D eigenvalue weighted by atomic mass is 10.3. The van der Waals surface area contributed by atoms with Crippen LogP contribution >= 0.6 is 33.9 Å². The summed E-state index contributed by atoms with van der Waals surface area (Å²) in [7, 11) is 1.80. The predicted octanol–water partition coefficient (Wildman–Crippen LogP) is 2.26. The highest BCUT2D eigenvalue weighted by atomic mass is 127. The zero-order valence-electron chi connectivity index (χ0n) is 12.9. The van der Waals surface area contributed by atoms with Crippen LogP contribution in [0.1, 0.15) is 17.7 Å². The van der Waals surface area contributed by atoms with E-state index < -0.39 is 0 Å². The Morgan fingerprint density at radius 3 is 3.00 bits per heavy atom. The van der Waals surface area contributed by atoms with Crippen molar-refractivity contribution in [1.29, 1.82) is 0 Å². The van der Waals surface area contributed by atoms with Crippen molar-refractivity contribution >= 4 is 39.9 Å². The Labute approximate surface area is 150 Å². The minimum Gasteiger partial charge on any atom is -0.379 e. The number of thiophene rings is 1. The highest BCUT2D eigenvalue weighted by Gasteiger charge is 2.15. The van der Waals surface area contributed by atoms with Gasteiger partial charge in [0.1, 0.15) is 0 Å². The molecule has 0 aliphatic carbocycles. The van der Waals surface area contributed by atoms with Gasteiger partial charge in [0.25, 0.3) is 0 Å². The highest BCUT2D eigenvalue weighted by Crippen LogP contribution is 2.18. The first-order valence-corrected chi connectivity index (χ1v) is 9.55. The van der Waals surface area contributed by atoms with Crippen molar-refractivity contribution in [3.05, 3.63) is 19.9 Å². The summed E-state index contributed by atoms with van der Waals surface area (Å²) in [5.41, 5.74) is 0. The second-order valence-corrected chi connectivity index (χ2v) is 8.15. The van der Waals surface area contributed by atoms with Crippen molar-refractivity contribution in [2.75, 3.05) is 40.0 Å². The van der Waals surface area contributed by atoms with Crippen LogP contribution < -0.4 is 10.6 Å². The van der Waals surface area contributed by atoms with E-state index in [1.54, 1.807) is 7.05 Å². The van der Waals surface area contributed by atoms with Gasteiger partial charge in [-0.1, -0.05) is 0 Å². The molecule has 0 amide bonds. The van der Waals surface area contributed by atoms with Gasteiger partial charge in [0, 0.05) is 38.2 Å². The maximum atomic E-state index is 5.74. The van der Waals surface area contributed by atoms with Crippen molar-refractivity contribution in [1.82, 2.24) is 10.6 Å². The predicted molar refractivity (Wildman–Crippen MR) is 99.9 cm³/mol. The zero-order valence-corrected chi connectivity index (χ0v) is 15.9. The van der Waals surface area contributed by atoms with Crippen LogP contribution in [0.25, 0.3) is 0 Å². The quantitative estimate of drug-likeness (QED) is 0.284. The third-order valence-corrected chi connectivity index (χ3v) is 5.32. The summed E-state index contributed by atoms with van der Waals surface area (Å²) in [4.78, 5) is 5.64. The van der Waals surface area contributed by atoms with Crippen LogP contribution in [0.4, 0.5) is 0 Å². The lowest BCUT2D eigenvalue weighted by Crippen LogP contribution is -2.39. The molecule has 0 radical (unpaired) electrons. The summed E-state index contributed by atoms with van der Waals surface area (Å²) < 4.78 is 12.4. The molecule has 7 heteroatoms. The molecule has 1 saturated heterocycles. The Morgan fingerprint density at radius 1 is 1.45 bits per heavy atom. The van der Waals surface area contributed by atoms with E-state index in [0.29, 0.717) is 6.10 Å². The number of aliphatic imine (C=N–C) groups is 1. The third-order valence-electron chi connectivity index (χ3n) is 3.37. The van der Waals surface area contributed by atoms with Gasteiger partial charge in [-0.05, 0) is 54.0 Å². The van der Waals surface area contributed by atoms with Crippen LogP contribution in [0.5, 0.6) is 0 Å². The van der Waals surface area contributed by atoms with Crippen molar-refractivity contribution in [3.8, 4) is 0 Å². The Kier molecular flexibility index (Phi) is 8.50. The number of nitrogens with one attached hydrogen (secondary N) is 2. The molecule has 1 aliphatic heterocycles. The molecule has 0 bridgehead atoms. The fourth-order valence-corrected chi connectivity index (χ4v) is 3.94. The molecule has 0 spiro atoms. The van der Waals surface area contributed by atoms with Crippen LogP contribution in [-0.2, 0) is 15.9 Å². The first-order valence-electron chi connectivity index (χ1n) is 7.66. The van der Waals surface area contributed by atoms with Gasteiger partial charge < -0.3 is 20.1 Å². The molecule has 5 nitrogen and oxygen atoms in total. The van der Waals surface area contributed by atoms with Crippen LogP contribution in [0.15, 0.2) is 17.1 Å². The van der Waals surface area contributed by atoms with Crippen molar-refractivity contribution in [2.24, 2.45) is 4.99 Å². The molecule has 2 N–H and O–H groups in total. The van der Waals surface area contributed by atoms with Crippen molar-refractivity contribution < 1.29 is 9.47 Å². The highest BCUT2D eigenvalue weighted by molar-refractivity contribution is 14.1. The van der Waals surface area contributed by atoms with E-state index in [4.69, 9.17) is 9.47 Å². The molecule has 22 heavy (non-hydrogen) atoms. The first kappa shape index (κ1) is 18.0. The summed E-state index contributed by atoms with van der Waals surface area (Å²) in [6, 6.07) is 4.34. The summed E-state index contributed by atoms with van der Waals surface area (Å²) >= 11 is 4.20. The van der Waals surface area contributed by atoms with Crippen molar-refractivity contribution in [2.45, 2.75) is 25.4 Å². The molecule has 2 heterocycles. The second-order valence-electron chi connectivity index (χ2n) is 5.09. The summed E-state index contributed by atoms with van der Waals surface area (Å²) in [6.45, 7) is 4.11. The number of hydrogen-bond acceptors (Lipinski definition) is 4. The van der Waals surface area contributed by atoms with Gasteiger partial charge in [0.2, 0.25) is 0 Å². The smallest absolute Gasteiger partial charge is 0.190 e. The van der Waals surface area contributed by atoms with Crippen LogP contribution in [0, 0.1) is 2.88 Å². The average Bonchev–Trinajstić information content (AvgIpc) is 3.17. The van der Waals surface area contributed by atoms with E-state index in [0.717, 1.165) is 58.1 Å². The van der Waals surface area contributed by atoms with Gasteiger partial charge in [0.05, 0.1) is 15.6 Å². The van der Waals surface area contributed by atoms with E-state index in [9.17, 15) is 0 Å². The fourth-order valence-electron chi connectivity index (χ4n) is 2.18. The average molecular weight is 437 g/mol. The Hall–Kier alpha value is -0.380. The van der Waals surface area contributed by atoms with E-state index in [-0.39, 0.29) is 0 Å². The molecule has 1 fully saturated rings. The third kappa shape index (κ3) is 6.80. The number of guanidine groups is 1. The molecule has 2 rings (SSSR count). The van der Waals surface area contributed by atoms with Crippen LogP contribution in [-0.4, -0.2) is 52.0 Å². The summed E-state index contributed by atoms with van der Waals surface area (Å²) in [6.07, 6.45) is 3.32. The Morgan fingerprint density at radius 2 is 2.32 bits per heavy atom. The molecule has 0 saturated carbocycles. The number of halogens is 1. The lowest BCUT2D eigenvalue weighted by Gasteiger charge is -2.13. The maximum absolute atomic E-state index is 5.74. The van der Waals surface area contributed by atoms with E-state index in [2.05, 4.69) is 50.3 Å². The normalized spacial score (nSPS) is 18.6. The van der Waals surface area contributed by atoms with Gasteiger partial charge in [-0.25, -0.2) is 0 Å². The molecule has 1 unspecified atom stereocenters. The zero-order chi connectivity index (χ0) is 15.6. The molecular weight excluding hydrogens is 413 g/mol. The van der Waals surface area contributed by atoms with Gasteiger partial charge in [-0.15, -0.1) is 11.3 Å². The number of rotatable bonds is 8. The largest absolute Gasteiger partial charge is 0.379 e. The SMILES string of the molecule is CN=C(NCCCOC1CCOC1)NCCc1ccc(I)s1. The molecule has 1 atom stereocenters. The van der Waals surface area contributed by atoms with E-state index in [1.165, 1.54) is 7.76 Å². The number of hydrogen-bond donors (Lipinski definition) is 2. The Balaban J connectivity index is 1.51. The Bertz CT molecular complexity index is 461. The van der Waals surface area contributed by atoms with Crippen LogP contribution in [0.3, 0.4) is 0 Å². The standard InChI is InChI=1S/C15H24IN3O2S/c1-17-15(19-8-5-13-3-4-14(16)22-13)18-7-2-9-21-12-6-10-20-11-12/h3-4,12H,2,5-11H2,1H3,(H2,17,18,19). The molecule has 0 aromatic carbocycles. The molecule has 1 aromatic rings. The molecule has 1 aliphatic rings. The first-order chi connectivity index (χ1) is 10.8. The molecule has 124 valence electrons. The maximum Gasteiger partial charge on any atom is 0.190 e.